The van der Waals surface area contributed by atoms with Crippen molar-refractivity contribution in [3.8, 4) is 0 Å². The Hall–Kier alpha value is -2.17. The van der Waals surface area contributed by atoms with E-state index in [2.05, 4.69) is 42.7 Å². The lowest BCUT2D eigenvalue weighted by molar-refractivity contribution is -0.106. The highest BCUT2D eigenvalue weighted by Crippen LogP contribution is 2.51. The number of benzene rings is 1. The van der Waals surface area contributed by atoms with Gasteiger partial charge < -0.3 is 9.72 Å². The first kappa shape index (κ1) is 20.1. The fraction of sp³-hybridized carbons (Fsp3) is 0.440. The highest BCUT2D eigenvalue weighted by molar-refractivity contribution is 5.85. The van der Waals surface area contributed by atoms with Gasteiger partial charge in [0.25, 0.3) is 0 Å². The Labute approximate surface area is 172 Å². The van der Waals surface area contributed by atoms with E-state index in [-0.39, 0.29) is 17.0 Å². The van der Waals surface area contributed by atoms with Crippen molar-refractivity contribution in [1.82, 2.24) is 9.88 Å². The number of H-pyrrole nitrogens is 1. The first-order chi connectivity index (χ1) is 13.9. The van der Waals surface area contributed by atoms with Crippen LogP contribution >= 0.6 is 0 Å². The molecule has 1 spiro atoms. The zero-order chi connectivity index (χ0) is 20.6. The number of hydrogen-bond donors (Lipinski definition) is 1. The van der Waals surface area contributed by atoms with Crippen LogP contribution in [0.4, 0.5) is 4.39 Å². The maximum atomic E-state index is 13.9. The fourth-order valence-corrected chi connectivity index (χ4v) is 5.24. The monoisotopic (exact) mass is 394 g/mol. The Kier molecular flexibility index (Phi) is 5.26. The molecule has 2 aliphatic rings. The fourth-order valence-electron chi connectivity index (χ4n) is 5.24. The van der Waals surface area contributed by atoms with Gasteiger partial charge in [0.15, 0.2) is 0 Å². The predicted molar refractivity (Wildman–Crippen MR) is 118 cm³/mol. The third kappa shape index (κ3) is 3.28. The molecule has 1 aromatic carbocycles. The van der Waals surface area contributed by atoms with Crippen LogP contribution in [0.1, 0.15) is 43.9 Å². The molecule has 1 aromatic heterocycles. The molecule has 0 unspecified atom stereocenters. The van der Waals surface area contributed by atoms with Gasteiger partial charge in [0, 0.05) is 16.4 Å². The topological polar surface area (TPSA) is 28.3 Å². The number of halogens is 1. The maximum Gasteiger partial charge on any atom is 0.123 e. The molecule has 3 nitrogen and oxygen atoms in total. The van der Waals surface area contributed by atoms with Gasteiger partial charge in [-0.15, -0.1) is 0 Å². The average Bonchev–Trinajstić information content (AvgIpc) is 3.08. The number of rotatable bonds is 4. The molecule has 2 heterocycles. The molecule has 0 amide bonds. The molecule has 2 aromatic rings. The van der Waals surface area contributed by atoms with Gasteiger partial charge >= 0.3 is 0 Å². The first-order valence-electron chi connectivity index (χ1n) is 10.5. The molecular formula is C25H31FN2O. The minimum Gasteiger partial charge on any atom is -0.368 e. The number of fused-ring (bicyclic) bond motifs is 4. The number of nitrogens with zero attached hydrogens (tertiary/aromatic N) is 1. The van der Waals surface area contributed by atoms with E-state index in [1.165, 1.54) is 11.6 Å². The molecule has 29 heavy (non-hydrogen) atoms. The Morgan fingerprint density at radius 1 is 1.21 bits per heavy atom. The zero-order valence-corrected chi connectivity index (χ0v) is 17.7. The van der Waals surface area contributed by atoms with E-state index in [9.17, 15) is 4.39 Å². The van der Waals surface area contributed by atoms with Crippen molar-refractivity contribution in [3.05, 3.63) is 71.7 Å². The van der Waals surface area contributed by atoms with Crippen molar-refractivity contribution in [2.24, 2.45) is 0 Å². The summed E-state index contributed by atoms with van der Waals surface area (Å²) in [5.74, 6) is -0.181. The van der Waals surface area contributed by atoms with E-state index >= 15 is 0 Å². The summed E-state index contributed by atoms with van der Waals surface area (Å²) in [6, 6.07) is 5.03. The van der Waals surface area contributed by atoms with Gasteiger partial charge in [-0.2, -0.15) is 0 Å². The summed E-state index contributed by atoms with van der Waals surface area (Å²) in [7, 11) is 4.29. The summed E-state index contributed by atoms with van der Waals surface area (Å²) in [6.45, 7) is 7.12. The van der Waals surface area contributed by atoms with E-state index in [0.717, 1.165) is 54.3 Å². The van der Waals surface area contributed by atoms with Crippen molar-refractivity contribution in [2.75, 3.05) is 20.7 Å². The number of hydrogen-bond acceptors (Lipinski definition) is 2. The summed E-state index contributed by atoms with van der Waals surface area (Å²) in [5.41, 5.74) is 4.16. The van der Waals surface area contributed by atoms with E-state index in [1.54, 1.807) is 6.07 Å². The maximum absolute atomic E-state index is 13.9. The van der Waals surface area contributed by atoms with Crippen molar-refractivity contribution >= 4 is 10.9 Å². The average molecular weight is 395 g/mol. The largest absolute Gasteiger partial charge is 0.368 e. The number of ether oxygens (including phenoxy) is 1. The molecular weight excluding hydrogens is 363 g/mol. The number of aromatic amines is 1. The lowest BCUT2D eigenvalue weighted by Gasteiger charge is -2.51. The van der Waals surface area contributed by atoms with Gasteiger partial charge in [-0.1, -0.05) is 30.9 Å². The van der Waals surface area contributed by atoms with Crippen molar-refractivity contribution in [3.63, 3.8) is 0 Å². The molecule has 0 saturated heterocycles. The molecule has 0 atom stereocenters. The SMILES string of the molecule is C=C(/C=C\C=C/C)C1(N(C)C)CCC2(CC1)OCCc1c2[nH]c2ccc(F)cc12. The first-order valence-corrected chi connectivity index (χ1v) is 10.5. The molecule has 1 aliphatic carbocycles. The van der Waals surface area contributed by atoms with E-state index in [1.807, 2.05) is 25.1 Å². The molecule has 4 rings (SSSR count). The molecule has 1 saturated carbocycles. The van der Waals surface area contributed by atoms with Gasteiger partial charge in [0.1, 0.15) is 11.4 Å². The van der Waals surface area contributed by atoms with Crippen LogP contribution < -0.4 is 0 Å². The normalized spacial score (nSPS) is 27.5. The van der Waals surface area contributed by atoms with E-state index < -0.39 is 0 Å². The van der Waals surface area contributed by atoms with Gasteiger partial charge in [0.05, 0.1) is 12.3 Å². The second-order valence-corrected chi connectivity index (χ2v) is 8.60. The second kappa shape index (κ2) is 7.58. The summed E-state index contributed by atoms with van der Waals surface area (Å²) in [4.78, 5) is 5.89. The van der Waals surface area contributed by atoms with Crippen LogP contribution in [0, 0.1) is 5.82 Å². The summed E-state index contributed by atoms with van der Waals surface area (Å²) in [6.07, 6.45) is 12.9. The molecule has 1 aliphatic heterocycles. The Morgan fingerprint density at radius 2 is 1.97 bits per heavy atom. The highest BCUT2D eigenvalue weighted by atomic mass is 19.1. The minimum atomic E-state index is -0.310. The van der Waals surface area contributed by atoms with Crippen molar-refractivity contribution < 1.29 is 9.13 Å². The Morgan fingerprint density at radius 3 is 2.66 bits per heavy atom. The van der Waals surface area contributed by atoms with Gasteiger partial charge in [-0.25, -0.2) is 4.39 Å². The molecule has 1 fully saturated rings. The van der Waals surface area contributed by atoms with Crippen LogP contribution in [0.2, 0.25) is 0 Å². The number of likely N-dealkylation sites (N-methyl/N-ethyl adjacent to an activating group) is 1. The van der Waals surface area contributed by atoms with Crippen LogP contribution in [0.15, 0.2) is 54.7 Å². The molecule has 1 N–H and O–H groups in total. The third-order valence-electron chi connectivity index (χ3n) is 6.99. The van der Waals surface area contributed by atoms with Gasteiger partial charge in [-0.3, -0.25) is 4.90 Å². The lowest BCUT2D eigenvalue weighted by Crippen LogP contribution is -2.52. The van der Waals surface area contributed by atoms with Crippen LogP contribution in [0.5, 0.6) is 0 Å². The second-order valence-electron chi connectivity index (χ2n) is 8.60. The Bertz CT molecular complexity index is 974. The number of aromatic nitrogens is 1. The number of allylic oxidation sites excluding steroid dienone is 3. The molecule has 4 heteroatoms. The molecule has 0 radical (unpaired) electrons. The van der Waals surface area contributed by atoms with Crippen LogP contribution in [-0.2, 0) is 16.8 Å². The quantitative estimate of drug-likeness (QED) is 0.680. The van der Waals surface area contributed by atoms with Crippen LogP contribution in [-0.4, -0.2) is 36.1 Å². The predicted octanol–water partition coefficient (Wildman–Crippen LogP) is 5.64. The summed E-state index contributed by atoms with van der Waals surface area (Å²) < 4.78 is 20.3. The smallest absolute Gasteiger partial charge is 0.123 e. The van der Waals surface area contributed by atoms with E-state index in [4.69, 9.17) is 4.74 Å². The third-order valence-corrected chi connectivity index (χ3v) is 6.99. The zero-order valence-electron chi connectivity index (χ0n) is 17.7. The summed E-state index contributed by atoms with van der Waals surface area (Å²) >= 11 is 0. The van der Waals surface area contributed by atoms with E-state index in [0.29, 0.717) is 6.61 Å². The molecule has 154 valence electrons. The standard InChI is InChI=1S/C25H31FN2O/c1-5-6-7-8-18(2)24(28(3)4)12-14-25(15-13-24)23-20(11-16-29-25)21-17-19(26)9-10-22(21)27-23/h5-10,17,27H,2,11-16H2,1,3-4H3/b6-5-,8-7-. The summed E-state index contributed by atoms with van der Waals surface area (Å²) in [5, 5.41) is 1.01. The minimum absolute atomic E-state index is 0.0670. The lowest BCUT2D eigenvalue weighted by atomic mass is 9.68. The van der Waals surface area contributed by atoms with Crippen LogP contribution in [0.3, 0.4) is 0 Å². The van der Waals surface area contributed by atoms with Gasteiger partial charge in [-0.05, 0) is 82.5 Å². The Balaban J connectivity index is 1.67. The van der Waals surface area contributed by atoms with Crippen LogP contribution in [0.25, 0.3) is 10.9 Å². The van der Waals surface area contributed by atoms with Crippen molar-refractivity contribution in [1.29, 1.82) is 0 Å². The molecule has 0 bridgehead atoms. The van der Waals surface area contributed by atoms with Crippen molar-refractivity contribution in [2.45, 2.75) is 50.2 Å². The van der Waals surface area contributed by atoms with Gasteiger partial charge in [0.2, 0.25) is 0 Å². The highest BCUT2D eigenvalue weighted by Gasteiger charge is 2.49. The number of nitrogens with one attached hydrogen (secondary N) is 1.